The number of likely N-dealkylation sites (tertiary alicyclic amines) is 1. The number of likely N-dealkylation sites (N-methyl/N-ethyl adjacent to an activating group) is 1. The maximum absolute atomic E-state index is 11.8. The largest absolute Gasteiger partial charge is 0.285 e. The minimum absolute atomic E-state index is 0.0899. The van der Waals surface area contributed by atoms with E-state index in [1.54, 1.807) is 7.05 Å². The van der Waals surface area contributed by atoms with Crippen molar-refractivity contribution in [3.8, 4) is 0 Å². The lowest BCUT2D eigenvalue weighted by molar-refractivity contribution is -0.137. The summed E-state index contributed by atoms with van der Waals surface area (Å²) in [6.07, 6.45) is 0.302. The molecule has 90 valence electrons. The molecule has 1 unspecified atom stereocenters. The highest BCUT2D eigenvalue weighted by Crippen LogP contribution is 2.29. The number of amides is 2. The molecule has 0 aliphatic carbocycles. The Morgan fingerprint density at radius 3 is 2.18 bits per heavy atom. The summed E-state index contributed by atoms with van der Waals surface area (Å²) in [4.78, 5) is 24.5. The molecule has 1 aromatic rings. The van der Waals surface area contributed by atoms with Crippen molar-refractivity contribution >= 4 is 11.8 Å². The molecular weight excluding hydrogens is 214 g/mol. The van der Waals surface area contributed by atoms with Gasteiger partial charge in [-0.1, -0.05) is 38.1 Å². The fraction of sp³-hybridized carbons (Fsp3) is 0.429. The van der Waals surface area contributed by atoms with E-state index in [9.17, 15) is 9.59 Å². The summed E-state index contributed by atoms with van der Waals surface area (Å²) in [5.41, 5.74) is 2.19. The van der Waals surface area contributed by atoms with Crippen molar-refractivity contribution in [1.82, 2.24) is 4.90 Å². The van der Waals surface area contributed by atoms with Gasteiger partial charge in [0.25, 0.3) is 0 Å². The van der Waals surface area contributed by atoms with Crippen molar-refractivity contribution in [3.63, 3.8) is 0 Å². The molecule has 1 heterocycles. The summed E-state index contributed by atoms with van der Waals surface area (Å²) in [6, 6.07) is 8.00. The van der Waals surface area contributed by atoms with Crippen LogP contribution in [0.15, 0.2) is 24.3 Å². The monoisotopic (exact) mass is 231 g/mol. The lowest BCUT2D eigenvalue weighted by Gasteiger charge is -2.11. The first-order chi connectivity index (χ1) is 8.00. The molecule has 1 aliphatic heterocycles. The van der Waals surface area contributed by atoms with Crippen LogP contribution in [0.5, 0.6) is 0 Å². The topological polar surface area (TPSA) is 37.4 Å². The number of hydrogen-bond acceptors (Lipinski definition) is 2. The van der Waals surface area contributed by atoms with Crippen LogP contribution in [0.3, 0.4) is 0 Å². The first kappa shape index (κ1) is 11.8. The zero-order valence-electron chi connectivity index (χ0n) is 10.4. The van der Waals surface area contributed by atoms with Gasteiger partial charge in [-0.05, 0) is 17.0 Å². The van der Waals surface area contributed by atoms with Gasteiger partial charge in [-0.15, -0.1) is 0 Å². The molecule has 3 nitrogen and oxygen atoms in total. The Hall–Kier alpha value is -1.64. The van der Waals surface area contributed by atoms with E-state index in [1.165, 1.54) is 10.5 Å². The van der Waals surface area contributed by atoms with Crippen molar-refractivity contribution in [2.75, 3.05) is 7.05 Å². The van der Waals surface area contributed by atoms with Crippen molar-refractivity contribution in [2.45, 2.75) is 32.1 Å². The van der Waals surface area contributed by atoms with Crippen molar-refractivity contribution in [1.29, 1.82) is 0 Å². The Kier molecular flexibility index (Phi) is 3.01. The minimum Gasteiger partial charge on any atom is -0.285 e. The first-order valence-electron chi connectivity index (χ1n) is 5.91. The van der Waals surface area contributed by atoms with E-state index in [4.69, 9.17) is 0 Å². The molecule has 0 bridgehead atoms. The number of carbonyl (C=O) groups is 2. The van der Waals surface area contributed by atoms with Crippen LogP contribution in [0.2, 0.25) is 0 Å². The fourth-order valence-corrected chi connectivity index (χ4v) is 2.13. The Morgan fingerprint density at radius 2 is 1.76 bits per heavy atom. The molecule has 0 spiro atoms. The van der Waals surface area contributed by atoms with Crippen LogP contribution in [0.1, 0.15) is 43.2 Å². The SMILES string of the molecule is CC(C)c1ccc(C2CC(=O)N(C)C2=O)cc1. The summed E-state index contributed by atoms with van der Waals surface area (Å²) in [7, 11) is 1.55. The summed E-state index contributed by atoms with van der Waals surface area (Å²) in [6.45, 7) is 4.26. The van der Waals surface area contributed by atoms with Crippen LogP contribution in [0, 0.1) is 0 Å². The molecule has 17 heavy (non-hydrogen) atoms. The summed E-state index contributed by atoms with van der Waals surface area (Å²) < 4.78 is 0. The fourth-order valence-electron chi connectivity index (χ4n) is 2.13. The zero-order chi connectivity index (χ0) is 12.6. The molecule has 1 atom stereocenters. The first-order valence-corrected chi connectivity index (χ1v) is 5.91. The molecule has 1 aliphatic rings. The standard InChI is InChI=1S/C14H17NO2/c1-9(2)10-4-6-11(7-5-10)12-8-13(16)15(3)14(12)17/h4-7,9,12H,8H2,1-3H3. The third-order valence-corrected chi connectivity index (χ3v) is 3.39. The van der Waals surface area contributed by atoms with Gasteiger partial charge in [-0.25, -0.2) is 0 Å². The van der Waals surface area contributed by atoms with E-state index in [0.717, 1.165) is 5.56 Å². The summed E-state index contributed by atoms with van der Waals surface area (Å²) in [5.74, 6) is 0.0154. The maximum Gasteiger partial charge on any atom is 0.236 e. The third-order valence-electron chi connectivity index (χ3n) is 3.39. The van der Waals surface area contributed by atoms with E-state index in [0.29, 0.717) is 12.3 Å². The van der Waals surface area contributed by atoms with Crippen molar-refractivity contribution < 1.29 is 9.59 Å². The maximum atomic E-state index is 11.8. The molecule has 2 amide bonds. The van der Waals surface area contributed by atoms with Crippen molar-refractivity contribution in [2.24, 2.45) is 0 Å². The lowest BCUT2D eigenvalue weighted by Crippen LogP contribution is -2.25. The highest BCUT2D eigenvalue weighted by molar-refractivity contribution is 6.05. The number of nitrogens with zero attached hydrogens (tertiary/aromatic N) is 1. The van der Waals surface area contributed by atoms with E-state index < -0.39 is 0 Å². The smallest absolute Gasteiger partial charge is 0.236 e. The van der Waals surface area contributed by atoms with Gasteiger partial charge >= 0.3 is 0 Å². The number of imide groups is 1. The van der Waals surface area contributed by atoms with Crippen LogP contribution in [-0.2, 0) is 9.59 Å². The van der Waals surface area contributed by atoms with Gasteiger partial charge in [0.15, 0.2) is 0 Å². The molecule has 0 aromatic heterocycles. The molecule has 0 radical (unpaired) electrons. The lowest BCUT2D eigenvalue weighted by atomic mass is 9.94. The number of benzene rings is 1. The average Bonchev–Trinajstić information content (AvgIpc) is 2.57. The highest BCUT2D eigenvalue weighted by atomic mass is 16.2. The second kappa shape index (κ2) is 4.32. The van der Waals surface area contributed by atoms with Gasteiger partial charge in [0, 0.05) is 13.5 Å². The number of hydrogen-bond donors (Lipinski definition) is 0. The van der Waals surface area contributed by atoms with E-state index >= 15 is 0 Å². The molecule has 1 aromatic carbocycles. The molecule has 3 heteroatoms. The van der Waals surface area contributed by atoms with Gasteiger partial charge in [-0.2, -0.15) is 0 Å². The number of carbonyl (C=O) groups excluding carboxylic acids is 2. The summed E-state index contributed by atoms with van der Waals surface area (Å²) >= 11 is 0. The van der Waals surface area contributed by atoms with Crippen molar-refractivity contribution in [3.05, 3.63) is 35.4 Å². The van der Waals surface area contributed by atoms with Gasteiger partial charge in [0.05, 0.1) is 5.92 Å². The van der Waals surface area contributed by atoms with E-state index in [1.807, 2.05) is 24.3 Å². The second-order valence-electron chi connectivity index (χ2n) is 4.87. The molecule has 0 N–H and O–H groups in total. The summed E-state index contributed by atoms with van der Waals surface area (Å²) in [5, 5.41) is 0. The Balaban J connectivity index is 2.24. The molecule has 1 fully saturated rings. The van der Waals surface area contributed by atoms with Crippen LogP contribution in [0.4, 0.5) is 0 Å². The predicted octanol–water partition coefficient (Wildman–Crippen LogP) is 2.28. The third kappa shape index (κ3) is 2.09. The van der Waals surface area contributed by atoms with E-state index in [-0.39, 0.29) is 17.7 Å². The number of rotatable bonds is 2. The Morgan fingerprint density at radius 1 is 1.18 bits per heavy atom. The molecular formula is C14H17NO2. The molecule has 0 saturated carbocycles. The molecule has 1 saturated heterocycles. The van der Waals surface area contributed by atoms with E-state index in [2.05, 4.69) is 13.8 Å². The highest BCUT2D eigenvalue weighted by Gasteiger charge is 2.36. The van der Waals surface area contributed by atoms with Crippen LogP contribution >= 0.6 is 0 Å². The van der Waals surface area contributed by atoms with Gasteiger partial charge < -0.3 is 0 Å². The minimum atomic E-state index is -0.284. The van der Waals surface area contributed by atoms with Gasteiger partial charge in [0.1, 0.15) is 0 Å². The van der Waals surface area contributed by atoms with Gasteiger partial charge in [-0.3, -0.25) is 14.5 Å². The second-order valence-corrected chi connectivity index (χ2v) is 4.87. The predicted molar refractivity (Wildman–Crippen MR) is 65.7 cm³/mol. The average molecular weight is 231 g/mol. The van der Waals surface area contributed by atoms with Crippen LogP contribution < -0.4 is 0 Å². The normalized spacial score (nSPS) is 20.5. The Bertz CT molecular complexity index is 448. The van der Waals surface area contributed by atoms with Gasteiger partial charge in [0.2, 0.25) is 11.8 Å². The zero-order valence-corrected chi connectivity index (χ0v) is 10.4. The Labute approximate surface area is 101 Å². The molecule has 2 rings (SSSR count). The van der Waals surface area contributed by atoms with Crippen LogP contribution in [-0.4, -0.2) is 23.8 Å². The quantitative estimate of drug-likeness (QED) is 0.732. The van der Waals surface area contributed by atoms with Crippen LogP contribution in [0.25, 0.3) is 0 Å².